The standard InChI is InChI=1S/C32H31N3O7S/c1-34(27(36)9-6-20-11-15-41-19-20)24-10-12-32(37)26-17-22-7-8-25(40-2)29-28(22)31(32,30(24)42-29)13-14-35(26)43(38,39)23-5-3-4-21(16-23)18-33/h3-9,11,15-16,19,24,26,30,37H,10,12-14,17H2,1-2H3/b9-6+/t24-,26-,30+,31+,32-/m1/s1. The molecule has 222 valence electrons. The van der Waals surface area contributed by atoms with Crippen LogP contribution in [0.3, 0.4) is 0 Å². The maximum absolute atomic E-state index is 14.1. The molecule has 1 N–H and O–H groups in total. The van der Waals surface area contributed by atoms with Crippen molar-refractivity contribution in [3.05, 3.63) is 83.3 Å². The van der Waals surface area contributed by atoms with E-state index in [9.17, 15) is 23.6 Å². The van der Waals surface area contributed by atoms with Crippen molar-refractivity contribution >= 4 is 22.0 Å². The zero-order valence-corrected chi connectivity index (χ0v) is 24.6. The smallest absolute Gasteiger partial charge is 0.246 e. The van der Waals surface area contributed by atoms with Crippen molar-refractivity contribution in [2.24, 2.45) is 0 Å². The Kier molecular flexibility index (Phi) is 6.25. The van der Waals surface area contributed by atoms with E-state index in [2.05, 4.69) is 0 Å². The van der Waals surface area contributed by atoms with Gasteiger partial charge in [-0.15, -0.1) is 0 Å². The molecule has 1 saturated carbocycles. The van der Waals surface area contributed by atoms with Gasteiger partial charge in [0.15, 0.2) is 11.5 Å². The normalized spacial score (nSPS) is 29.0. The molecule has 0 unspecified atom stereocenters. The van der Waals surface area contributed by atoms with Crippen LogP contribution in [0.1, 0.15) is 41.5 Å². The summed E-state index contributed by atoms with van der Waals surface area (Å²) < 4.78 is 47.1. The SMILES string of the molecule is COc1ccc2c3c1O[C@H]1[C@H](N(C)C(=O)/C=C/c4ccoc4)CC[C@@]4(O)[C@@H](C2)N(S(=O)(=O)c2cccc(C#N)c2)CC[C@]314. The highest BCUT2D eigenvalue weighted by molar-refractivity contribution is 7.89. The number of ether oxygens (including phenoxy) is 2. The summed E-state index contributed by atoms with van der Waals surface area (Å²) in [6, 6.07) is 12.3. The van der Waals surface area contributed by atoms with Crippen LogP contribution in [0, 0.1) is 11.3 Å². The molecule has 1 spiro atoms. The van der Waals surface area contributed by atoms with E-state index < -0.39 is 33.2 Å². The minimum atomic E-state index is -4.05. The zero-order valence-electron chi connectivity index (χ0n) is 23.8. The molecule has 7 rings (SSSR count). The lowest BCUT2D eigenvalue weighted by Gasteiger charge is -2.64. The minimum Gasteiger partial charge on any atom is -0.493 e. The molecule has 2 aliphatic heterocycles. The molecule has 10 nitrogen and oxygen atoms in total. The lowest BCUT2D eigenvalue weighted by atomic mass is 9.48. The Hall–Kier alpha value is -4.11. The molecular weight excluding hydrogens is 570 g/mol. The number of nitrogens with zero attached hydrogens (tertiary/aromatic N) is 3. The number of piperidine rings is 1. The lowest BCUT2D eigenvalue weighted by molar-refractivity contribution is -0.186. The summed E-state index contributed by atoms with van der Waals surface area (Å²) in [4.78, 5) is 15.1. The number of carbonyl (C=O) groups excluding carboxylic acids is 1. The van der Waals surface area contributed by atoms with Crippen molar-refractivity contribution in [3.8, 4) is 17.6 Å². The van der Waals surface area contributed by atoms with E-state index in [1.807, 2.05) is 18.2 Å². The fraction of sp³-hybridized carbons (Fsp3) is 0.375. The molecule has 1 amide bonds. The Balaban J connectivity index is 1.32. The number of rotatable bonds is 6. The first-order valence-electron chi connectivity index (χ1n) is 14.2. The van der Waals surface area contributed by atoms with Crippen molar-refractivity contribution in [2.75, 3.05) is 20.7 Å². The first kappa shape index (κ1) is 27.7. The Bertz CT molecular complexity index is 1800. The van der Waals surface area contributed by atoms with E-state index >= 15 is 0 Å². The van der Waals surface area contributed by atoms with Crippen molar-refractivity contribution in [3.63, 3.8) is 0 Å². The molecule has 2 fully saturated rings. The minimum absolute atomic E-state index is 0.0231. The summed E-state index contributed by atoms with van der Waals surface area (Å²) in [6.45, 7) is 0.146. The monoisotopic (exact) mass is 601 g/mol. The quantitative estimate of drug-likeness (QED) is 0.426. The number of benzene rings is 2. The lowest BCUT2D eigenvalue weighted by Crippen LogP contribution is -2.78. The number of sulfonamides is 1. The van der Waals surface area contributed by atoms with Gasteiger partial charge >= 0.3 is 0 Å². The summed E-state index contributed by atoms with van der Waals surface area (Å²) in [7, 11) is -0.747. The molecule has 1 saturated heterocycles. The number of methoxy groups -OCH3 is 1. The highest BCUT2D eigenvalue weighted by atomic mass is 32.2. The summed E-state index contributed by atoms with van der Waals surface area (Å²) in [5.41, 5.74) is 0.348. The second-order valence-corrected chi connectivity index (χ2v) is 13.6. The molecule has 5 atom stereocenters. The summed E-state index contributed by atoms with van der Waals surface area (Å²) in [5.74, 6) is 0.880. The Morgan fingerprint density at radius 1 is 1.26 bits per heavy atom. The van der Waals surface area contributed by atoms with Gasteiger partial charge in [-0.1, -0.05) is 12.1 Å². The van der Waals surface area contributed by atoms with Crippen LogP contribution in [-0.2, 0) is 26.7 Å². The summed E-state index contributed by atoms with van der Waals surface area (Å²) >= 11 is 0. The summed E-state index contributed by atoms with van der Waals surface area (Å²) in [6.07, 6.45) is 6.91. The number of amides is 1. The first-order chi connectivity index (χ1) is 20.7. The van der Waals surface area contributed by atoms with Gasteiger partial charge in [0, 0.05) is 30.8 Å². The van der Waals surface area contributed by atoms with Crippen LogP contribution >= 0.6 is 0 Å². The van der Waals surface area contributed by atoms with Crippen molar-refractivity contribution in [1.82, 2.24) is 9.21 Å². The molecule has 2 aromatic carbocycles. The zero-order chi connectivity index (χ0) is 30.1. The van der Waals surface area contributed by atoms with E-state index in [1.165, 1.54) is 28.8 Å². The van der Waals surface area contributed by atoms with E-state index in [0.717, 1.165) is 16.7 Å². The third-order valence-corrected chi connectivity index (χ3v) is 11.9. The molecule has 2 aliphatic carbocycles. The summed E-state index contributed by atoms with van der Waals surface area (Å²) in [5, 5.41) is 22.2. The van der Waals surface area contributed by atoms with Crippen LogP contribution in [0.2, 0.25) is 0 Å². The number of nitriles is 1. The van der Waals surface area contributed by atoms with Crippen molar-refractivity contribution in [2.45, 2.75) is 59.8 Å². The highest BCUT2D eigenvalue weighted by Gasteiger charge is 2.74. The predicted molar refractivity (Wildman–Crippen MR) is 155 cm³/mol. The van der Waals surface area contributed by atoms with Crippen LogP contribution in [0.4, 0.5) is 0 Å². The van der Waals surface area contributed by atoms with Gasteiger partial charge in [-0.3, -0.25) is 4.79 Å². The van der Waals surface area contributed by atoms with E-state index in [1.54, 1.807) is 49.6 Å². The van der Waals surface area contributed by atoms with Gasteiger partial charge in [0.25, 0.3) is 0 Å². The third-order valence-electron chi connectivity index (χ3n) is 9.96. The van der Waals surface area contributed by atoms with Gasteiger partial charge < -0.3 is 23.9 Å². The maximum atomic E-state index is 14.1. The molecular formula is C32H31N3O7S. The van der Waals surface area contributed by atoms with Gasteiger partial charge in [-0.05, 0) is 67.7 Å². The van der Waals surface area contributed by atoms with Gasteiger partial charge in [0.2, 0.25) is 15.9 Å². The van der Waals surface area contributed by atoms with Crippen LogP contribution in [0.5, 0.6) is 11.5 Å². The Morgan fingerprint density at radius 3 is 2.84 bits per heavy atom. The topological polar surface area (TPSA) is 133 Å². The van der Waals surface area contributed by atoms with Crippen LogP contribution in [-0.4, -0.2) is 73.1 Å². The molecule has 11 heteroatoms. The highest BCUT2D eigenvalue weighted by Crippen LogP contribution is 2.66. The Morgan fingerprint density at radius 2 is 2.09 bits per heavy atom. The number of carbonyl (C=O) groups is 1. The van der Waals surface area contributed by atoms with Crippen LogP contribution in [0.25, 0.3) is 6.08 Å². The van der Waals surface area contributed by atoms with E-state index in [0.29, 0.717) is 30.8 Å². The van der Waals surface area contributed by atoms with Crippen LogP contribution in [0.15, 0.2) is 70.4 Å². The molecule has 3 aromatic rings. The molecule has 3 heterocycles. The van der Waals surface area contributed by atoms with Crippen molar-refractivity contribution in [1.29, 1.82) is 5.26 Å². The van der Waals surface area contributed by atoms with E-state index in [-0.39, 0.29) is 35.4 Å². The van der Waals surface area contributed by atoms with Gasteiger partial charge in [-0.2, -0.15) is 9.57 Å². The average molecular weight is 602 g/mol. The molecule has 4 aliphatic rings. The second-order valence-electron chi connectivity index (χ2n) is 11.7. The van der Waals surface area contributed by atoms with Gasteiger partial charge in [0.1, 0.15) is 6.10 Å². The fourth-order valence-electron chi connectivity index (χ4n) is 7.99. The largest absolute Gasteiger partial charge is 0.493 e. The van der Waals surface area contributed by atoms with Gasteiger partial charge in [-0.25, -0.2) is 8.42 Å². The third kappa shape index (κ3) is 3.76. The second kappa shape index (κ2) is 9.71. The number of aliphatic hydroxyl groups is 1. The first-order valence-corrected chi connectivity index (χ1v) is 15.7. The van der Waals surface area contributed by atoms with E-state index in [4.69, 9.17) is 13.9 Å². The van der Waals surface area contributed by atoms with Crippen LogP contribution < -0.4 is 9.47 Å². The number of hydrogen-bond acceptors (Lipinski definition) is 8. The number of hydrogen-bond donors (Lipinski definition) is 1. The Labute approximate surface area is 249 Å². The molecule has 0 radical (unpaired) electrons. The predicted octanol–water partition coefficient (Wildman–Crippen LogP) is 3.24. The molecule has 43 heavy (non-hydrogen) atoms. The molecule has 1 aromatic heterocycles. The maximum Gasteiger partial charge on any atom is 0.246 e. The number of furan rings is 1. The fourth-order valence-corrected chi connectivity index (χ4v) is 9.71. The average Bonchev–Trinajstić information content (AvgIpc) is 3.65. The molecule has 2 bridgehead atoms. The van der Waals surface area contributed by atoms with Gasteiger partial charge in [0.05, 0.1) is 59.3 Å². The van der Waals surface area contributed by atoms with Crippen molar-refractivity contribution < 1.29 is 32.2 Å². The number of likely N-dealkylation sites (N-methyl/N-ethyl adjacent to an activating group) is 1.